The molecule has 1 fully saturated rings. The molecule has 22 heavy (non-hydrogen) atoms. The van der Waals surface area contributed by atoms with Gasteiger partial charge in [0.1, 0.15) is 17.2 Å². The Hall–Kier alpha value is -1.97. The van der Waals surface area contributed by atoms with Crippen LogP contribution in [0.15, 0.2) is 0 Å². The number of amides is 2. The van der Waals surface area contributed by atoms with Crippen molar-refractivity contribution < 1.29 is 19.1 Å². The molecule has 0 aromatic carbocycles. The van der Waals surface area contributed by atoms with Crippen molar-refractivity contribution in [3.8, 4) is 6.07 Å². The minimum Gasteiger partial charge on any atom is -0.444 e. The number of carbonyl (C=O) groups excluding carboxylic acids is 2. The van der Waals surface area contributed by atoms with Gasteiger partial charge in [-0.2, -0.15) is 5.26 Å². The Morgan fingerprint density at radius 1 is 1.00 bits per heavy atom. The summed E-state index contributed by atoms with van der Waals surface area (Å²) in [7, 11) is 0. The van der Waals surface area contributed by atoms with Gasteiger partial charge in [-0.05, 0) is 41.5 Å². The van der Waals surface area contributed by atoms with E-state index in [0.717, 1.165) is 0 Å². The smallest absolute Gasteiger partial charge is 0.411 e. The number of carbonyl (C=O) groups is 2. The second-order valence-corrected chi connectivity index (χ2v) is 7.24. The van der Waals surface area contributed by atoms with E-state index in [-0.39, 0.29) is 13.1 Å². The summed E-state index contributed by atoms with van der Waals surface area (Å²) in [4.78, 5) is 26.9. The number of rotatable bonds is 0. The molecule has 0 bridgehead atoms. The fraction of sp³-hybridized carbons (Fsp3) is 0.800. The number of hydrogen-bond acceptors (Lipinski definition) is 5. The number of ether oxygens (including phenoxy) is 2. The Morgan fingerprint density at radius 3 is 1.95 bits per heavy atom. The fourth-order valence-corrected chi connectivity index (χ4v) is 1.92. The molecule has 1 atom stereocenters. The van der Waals surface area contributed by atoms with Gasteiger partial charge in [-0.15, -0.1) is 0 Å². The zero-order valence-electron chi connectivity index (χ0n) is 14.2. The van der Waals surface area contributed by atoms with E-state index >= 15 is 0 Å². The molecule has 1 saturated heterocycles. The quantitative estimate of drug-likeness (QED) is 0.686. The first-order chi connectivity index (χ1) is 9.93. The van der Waals surface area contributed by atoms with Crippen molar-refractivity contribution in [2.24, 2.45) is 0 Å². The normalized spacial score (nSPS) is 19.4. The largest absolute Gasteiger partial charge is 0.444 e. The van der Waals surface area contributed by atoms with Crippen LogP contribution in [0.2, 0.25) is 0 Å². The summed E-state index contributed by atoms with van der Waals surface area (Å²) in [6, 6.07) is 1.30. The zero-order valence-corrected chi connectivity index (χ0v) is 14.2. The van der Waals surface area contributed by atoms with Crippen LogP contribution in [0.25, 0.3) is 0 Å². The molecule has 7 heteroatoms. The van der Waals surface area contributed by atoms with Crippen molar-refractivity contribution in [1.82, 2.24) is 9.80 Å². The van der Waals surface area contributed by atoms with Crippen LogP contribution in [-0.4, -0.2) is 58.9 Å². The van der Waals surface area contributed by atoms with Gasteiger partial charge < -0.3 is 14.4 Å². The molecule has 0 N–H and O–H groups in total. The van der Waals surface area contributed by atoms with Crippen molar-refractivity contribution in [2.45, 2.75) is 58.8 Å². The summed E-state index contributed by atoms with van der Waals surface area (Å²) in [5.41, 5.74) is -1.22. The standard InChI is InChI=1S/C15H25N3O4/c1-14(2,3)21-12(19)17-7-8-18(11(9-16)10-17)13(20)22-15(4,5)6/h11H,7-8,10H2,1-6H3/t11-/m1/s1. The molecule has 1 aliphatic rings. The molecule has 124 valence electrons. The van der Waals surface area contributed by atoms with Crippen LogP contribution in [0.3, 0.4) is 0 Å². The molecule has 0 aromatic rings. The summed E-state index contributed by atoms with van der Waals surface area (Å²) in [6.07, 6.45) is -1.01. The molecule has 0 radical (unpaired) electrons. The average Bonchev–Trinajstić information content (AvgIpc) is 2.33. The summed E-state index contributed by atoms with van der Waals surface area (Å²) in [5.74, 6) is 0. The first-order valence-corrected chi connectivity index (χ1v) is 7.30. The minimum atomic E-state index is -0.740. The lowest BCUT2D eigenvalue weighted by Crippen LogP contribution is -2.57. The topological polar surface area (TPSA) is 82.9 Å². The van der Waals surface area contributed by atoms with Gasteiger partial charge in [-0.3, -0.25) is 4.90 Å². The summed E-state index contributed by atoms with van der Waals surface area (Å²) >= 11 is 0. The molecular formula is C15H25N3O4. The second-order valence-electron chi connectivity index (χ2n) is 7.24. The predicted octanol–water partition coefficient (Wildman–Crippen LogP) is 2.37. The Bertz CT molecular complexity index is 471. The van der Waals surface area contributed by atoms with E-state index in [0.29, 0.717) is 6.54 Å². The van der Waals surface area contributed by atoms with E-state index in [1.165, 1.54) is 9.80 Å². The maximum absolute atomic E-state index is 12.1. The van der Waals surface area contributed by atoms with Crippen LogP contribution in [0.5, 0.6) is 0 Å². The first kappa shape index (κ1) is 18.1. The lowest BCUT2D eigenvalue weighted by Gasteiger charge is -2.39. The number of nitriles is 1. The van der Waals surface area contributed by atoms with Crippen LogP contribution in [-0.2, 0) is 9.47 Å². The first-order valence-electron chi connectivity index (χ1n) is 7.30. The van der Waals surface area contributed by atoms with Crippen LogP contribution < -0.4 is 0 Å². The molecule has 0 aromatic heterocycles. The molecule has 1 aliphatic heterocycles. The van der Waals surface area contributed by atoms with Crippen molar-refractivity contribution in [1.29, 1.82) is 5.26 Å². The van der Waals surface area contributed by atoms with Gasteiger partial charge in [0.2, 0.25) is 0 Å². The predicted molar refractivity (Wildman–Crippen MR) is 80.1 cm³/mol. The minimum absolute atomic E-state index is 0.116. The molecule has 1 heterocycles. The lowest BCUT2D eigenvalue weighted by molar-refractivity contribution is -0.00790. The lowest BCUT2D eigenvalue weighted by atomic mass is 10.2. The average molecular weight is 311 g/mol. The van der Waals surface area contributed by atoms with Crippen molar-refractivity contribution in [3.05, 3.63) is 0 Å². The molecule has 1 rings (SSSR count). The highest BCUT2D eigenvalue weighted by molar-refractivity contribution is 5.71. The van der Waals surface area contributed by atoms with E-state index in [2.05, 4.69) is 0 Å². The van der Waals surface area contributed by atoms with Gasteiger partial charge in [0.15, 0.2) is 0 Å². The number of piperazine rings is 1. The third kappa shape index (κ3) is 5.43. The molecule has 0 unspecified atom stereocenters. The van der Waals surface area contributed by atoms with E-state index in [1.54, 1.807) is 41.5 Å². The maximum Gasteiger partial charge on any atom is 0.411 e. The SMILES string of the molecule is CC(C)(C)OC(=O)N1CCN(C(=O)OC(C)(C)C)[C@H](C#N)C1. The van der Waals surface area contributed by atoms with Crippen LogP contribution in [0.1, 0.15) is 41.5 Å². The highest BCUT2D eigenvalue weighted by Gasteiger charge is 2.36. The van der Waals surface area contributed by atoms with Crippen LogP contribution in [0.4, 0.5) is 9.59 Å². The zero-order chi connectivity index (χ0) is 17.1. The van der Waals surface area contributed by atoms with Gasteiger partial charge in [0.25, 0.3) is 0 Å². The fourth-order valence-electron chi connectivity index (χ4n) is 1.92. The summed E-state index contributed by atoms with van der Waals surface area (Å²) in [5, 5.41) is 9.26. The van der Waals surface area contributed by atoms with E-state index < -0.39 is 29.4 Å². The van der Waals surface area contributed by atoms with Crippen molar-refractivity contribution in [2.75, 3.05) is 19.6 Å². The van der Waals surface area contributed by atoms with Gasteiger partial charge in [-0.1, -0.05) is 0 Å². The van der Waals surface area contributed by atoms with E-state index in [9.17, 15) is 14.9 Å². The third-order valence-corrected chi connectivity index (χ3v) is 2.81. The summed E-state index contributed by atoms with van der Waals surface area (Å²) in [6.45, 7) is 11.3. The number of hydrogen-bond donors (Lipinski definition) is 0. The van der Waals surface area contributed by atoms with Crippen LogP contribution >= 0.6 is 0 Å². The highest BCUT2D eigenvalue weighted by atomic mass is 16.6. The molecular weight excluding hydrogens is 286 g/mol. The molecule has 0 spiro atoms. The molecule has 7 nitrogen and oxygen atoms in total. The van der Waals surface area contributed by atoms with Gasteiger partial charge in [0.05, 0.1) is 12.6 Å². The Morgan fingerprint density at radius 2 is 1.50 bits per heavy atom. The molecule has 0 aliphatic carbocycles. The van der Waals surface area contributed by atoms with Gasteiger partial charge in [0, 0.05) is 13.1 Å². The van der Waals surface area contributed by atoms with Crippen LogP contribution in [0, 0.1) is 11.3 Å². The third-order valence-electron chi connectivity index (χ3n) is 2.81. The van der Waals surface area contributed by atoms with E-state index in [1.807, 2.05) is 6.07 Å². The van der Waals surface area contributed by atoms with E-state index in [4.69, 9.17) is 9.47 Å². The van der Waals surface area contributed by atoms with Crippen molar-refractivity contribution in [3.63, 3.8) is 0 Å². The second kappa shape index (κ2) is 6.42. The Kier molecular flexibility index (Phi) is 5.28. The van der Waals surface area contributed by atoms with Crippen molar-refractivity contribution >= 4 is 12.2 Å². The van der Waals surface area contributed by atoms with Gasteiger partial charge in [-0.25, -0.2) is 9.59 Å². The molecule has 0 saturated carbocycles. The van der Waals surface area contributed by atoms with Gasteiger partial charge >= 0.3 is 12.2 Å². The highest BCUT2D eigenvalue weighted by Crippen LogP contribution is 2.17. The summed E-state index contributed by atoms with van der Waals surface area (Å²) < 4.78 is 10.6. The monoisotopic (exact) mass is 311 g/mol. The Balaban J connectivity index is 2.71. The Labute approximate surface area is 131 Å². The number of nitrogens with zero attached hydrogens (tertiary/aromatic N) is 3. The maximum atomic E-state index is 12.1. The molecule has 2 amide bonds.